The van der Waals surface area contributed by atoms with Crippen molar-refractivity contribution in [1.82, 2.24) is 0 Å². The number of amides is 2. The molecule has 34 heavy (non-hydrogen) atoms. The van der Waals surface area contributed by atoms with Gasteiger partial charge in [0.15, 0.2) is 0 Å². The number of rotatable bonds is 8. The van der Waals surface area contributed by atoms with E-state index in [0.717, 1.165) is 17.5 Å². The lowest BCUT2D eigenvalue weighted by atomic mass is 10.0. The molecule has 0 bridgehead atoms. The molecule has 0 atom stereocenters. The molecule has 0 fully saturated rings. The Kier molecular flexibility index (Phi) is 6.68. The molecule has 0 aliphatic carbocycles. The van der Waals surface area contributed by atoms with Gasteiger partial charge in [0.1, 0.15) is 17.2 Å². The second kappa shape index (κ2) is 9.83. The number of aryl methyl sites for hydroxylation is 2. The van der Waals surface area contributed by atoms with Crippen molar-refractivity contribution >= 4 is 28.8 Å². The summed E-state index contributed by atoms with van der Waals surface area (Å²) in [5, 5.41) is 3.18. The molecule has 1 aliphatic heterocycles. The van der Waals surface area contributed by atoms with Gasteiger partial charge in [-0.2, -0.15) is 0 Å². The fraction of sp³-hybridized carbons (Fsp3) is 0.214. The Balaban J connectivity index is 1.81. The van der Waals surface area contributed by atoms with Gasteiger partial charge in [0.25, 0.3) is 11.8 Å². The lowest BCUT2D eigenvalue weighted by molar-refractivity contribution is -0.120. The van der Waals surface area contributed by atoms with E-state index in [9.17, 15) is 9.59 Å². The molecule has 0 saturated heterocycles. The Labute approximate surface area is 199 Å². The number of ether oxygens (including phenoxy) is 2. The maximum atomic E-state index is 13.7. The predicted octanol–water partition coefficient (Wildman–Crippen LogP) is 5.50. The zero-order chi connectivity index (χ0) is 24.2. The molecule has 1 heterocycles. The summed E-state index contributed by atoms with van der Waals surface area (Å²) < 4.78 is 11.1. The average molecular weight is 457 g/mol. The molecule has 1 aliphatic rings. The minimum absolute atomic E-state index is 0.206. The summed E-state index contributed by atoms with van der Waals surface area (Å²) in [5.41, 5.74) is 4.13. The van der Waals surface area contributed by atoms with Crippen LogP contribution in [-0.2, 0) is 9.59 Å². The summed E-state index contributed by atoms with van der Waals surface area (Å²) >= 11 is 0. The van der Waals surface area contributed by atoms with E-state index < -0.39 is 5.91 Å². The standard InChI is InChI=1S/C28H28N2O4/c1-5-16-34-21-14-12-20(13-15-21)25-26(29-22-8-6-7-9-24(22)33-4)28(32)30(27(25)31)23-17-18(2)10-11-19(23)3/h6-15,17,29H,5,16H2,1-4H3. The van der Waals surface area contributed by atoms with Crippen molar-refractivity contribution in [3.63, 3.8) is 0 Å². The van der Waals surface area contributed by atoms with Crippen LogP contribution >= 0.6 is 0 Å². The van der Waals surface area contributed by atoms with Gasteiger partial charge in [-0.25, -0.2) is 4.90 Å². The Bertz CT molecular complexity index is 1260. The highest BCUT2D eigenvalue weighted by atomic mass is 16.5. The van der Waals surface area contributed by atoms with Gasteiger partial charge in [0.05, 0.1) is 30.7 Å². The number of nitrogens with zero attached hydrogens (tertiary/aromatic N) is 1. The summed E-state index contributed by atoms with van der Waals surface area (Å²) in [5.74, 6) is 0.501. The second-order valence-corrected chi connectivity index (χ2v) is 8.18. The van der Waals surface area contributed by atoms with Crippen LogP contribution < -0.4 is 19.7 Å². The van der Waals surface area contributed by atoms with Crippen LogP contribution in [0.1, 0.15) is 30.0 Å². The number of hydrogen-bond acceptors (Lipinski definition) is 5. The van der Waals surface area contributed by atoms with Crippen LogP contribution in [0.25, 0.3) is 5.57 Å². The van der Waals surface area contributed by atoms with Crippen molar-refractivity contribution in [2.24, 2.45) is 0 Å². The monoisotopic (exact) mass is 456 g/mol. The molecule has 0 saturated carbocycles. The first kappa shape index (κ1) is 23.1. The zero-order valence-electron chi connectivity index (χ0n) is 19.8. The van der Waals surface area contributed by atoms with E-state index in [1.807, 2.05) is 81.4 Å². The summed E-state index contributed by atoms with van der Waals surface area (Å²) in [4.78, 5) is 28.7. The summed E-state index contributed by atoms with van der Waals surface area (Å²) in [6, 6.07) is 20.3. The predicted molar refractivity (Wildman–Crippen MR) is 134 cm³/mol. The summed E-state index contributed by atoms with van der Waals surface area (Å²) in [6.45, 7) is 6.48. The first-order valence-corrected chi connectivity index (χ1v) is 11.3. The minimum Gasteiger partial charge on any atom is -0.495 e. The van der Waals surface area contributed by atoms with Crippen molar-refractivity contribution < 1.29 is 19.1 Å². The summed E-state index contributed by atoms with van der Waals surface area (Å²) in [7, 11) is 1.56. The quantitative estimate of drug-likeness (QED) is 0.454. The third-order valence-corrected chi connectivity index (χ3v) is 5.67. The molecule has 0 aromatic heterocycles. The van der Waals surface area contributed by atoms with Gasteiger partial charge >= 0.3 is 0 Å². The van der Waals surface area contributed by atoms with Crippen LogP contribution in [0.15, 0.2) is 72.4 Å². The number of anilines is 2. The molecule has 4 rings (SSSR count). The fourth-order valence-corrected chi connectivity index (χ4v) is 3.91. The van der Waals surface area contributed by atoms with Crippen LogP contribution in [0.4, 0.5) is 11.4 Å². The van der Waals surface area contributed by atoms with Gasteiger partial charge in [0.2, 0.25) is 0 Å². The normalized spacial score (nSPS) is 13.5. The number of carbonyl (C=O) groups is 2. The van der Waals surface area contributed by atoms with Crippen LogP contribution in [0.5, 0.6) is 11.5 Å². The molecule has 0 radical (unpaired) electrons. The molecule has 6 heteroatoms. The van der Waals surface area contributed by atoms with E-state index in [2.05, 4.69) is 5.32 Å². The van der Waals surface area contributed by atoms with E-state index in [4.69, 9.17) is 9.47 Å². The summed E-state index contributed by atoms with van der Waals surface area (Å²) in [6.07, 6.45) is 0.900. The minimum atomic E-state index is -0.411. The first-order valence-electron chi connectivity index (χ1n) is 11.3. The molecule has 3 aromatic carbocycles. The van der Waals surface area contributed by atoms with E-state index in [1.54, 1.807) is 13.2 Å². The van der Waals surface area contributed by atoms with Crippen molar-refractivity contribution in [1.29, 1.82) is 0 Å². The number of hydrogen-bond donors (Lipinski definition) is 1. The smallest absolute Gasteiger partial charge is 0.282 e. The Morgan fingerprint density at radius 3 is 2.35 bits per heavy atom. The van der Waals surface area contributed by atoms with Gasteiger partial charge in [-0.3, -0.25) is 9.59 Å². The van der Waals surface area contributed by atoms with Crippen LogP contribution in [0, 0.1) is 13.8 Å². The van der Waals surface area contributed by atoms with Gasteiger partial charge in [-0.1, -0.05) is 43.3 Å². The molecule has 1 N–H and O–H groups in total. The zero-order valence-corrected chi connectivity index (χ0v) is 19.8. The highest BCUT2D eigenvalue weighted by Crippen LogP contribution is 2.37. The molecule has 0 unspecified atom stereocenters. The number of carbonyl (C=O) groups excluding carboxylic acids is 2. The van der Waals surface area contributed by atoms with Crippen molar-refractivity contribution in [3.8, 4) is 11.5 Å². The second-order valence-electron chi connectivity index (χ2n) is 8.18. The third-order valence-electron chi connectivity index (χ3n) is 5.67. The lowest BCUT2D eigenvalue weighted by Crippen LogP contribution is -2.33. The SMILES string of the molecule is CCCOc1ccc(C2=C(Nc3ccccc3OC)C(=O)N(c3cc(C)ccc3C)C2=O)cc1. The Morgan fingerprint density at radius 1 is 0.912 bits per heavy atom. The number of para-hydroxylation sites is 2. The van der Waals surface area contributed by atoms with Crippen LogP contribution in [-0.4, -0.2) is 25.5 Å². The van der Waals surface area contributed by atoms with E-state index in [0.29, 0.717) is 40.6 Å². The number of nitrogens with one attached hydrogen (secondary N) is 1. The van der Waals surface area contributed by atoms with E-state index in [-0.39, 0.29) is 11.6 Å². The molecule has 6 nitrogen and oxygen atoms in total. The van der Waals surface area contributed by atoms with Crippen molar-refractivity contribution in [2.45, 2.75) is 27.2 Å². The maximum absolute atomic E-state index is 13.7. The van der Waals surface area contributed by atoms with E-state index >= 15 is 0 Å². The molecule has 174 valence electrons. The third kappa shape index (κ3) is 4.39. The lowest BCUT2D eigenvalue weighted by Gasteiger charge is -2.18. The Hall–Kier alpha value is -4.06. The molecular formula is C28H28N2O4. The molecular weight excluding hydrogens is 428 g/mol. The van der Waals surface area contributed by atoms with Crippen molar-refractivity contribution in [2.75, 3.05) is 23.9 Å². The van der Waals surface area contributed by atoms with Crippen LogP contribution in [0.2, 0.25) is 0 Å². The van der Waals surface area contributed by atoms with Crippen LogP contribution in [0.3, 0.4) is 0 Å². The fourth-order valence-electron chi connectivity index (χ4n) is 3.91. The first-order chi connectivity index (χ1) is 16.4. The van der Waals surface area contributed by atoms with Gasteiger partial charge in [-0.15, -0.1) is 0 Å². The average Bonchev–Trinajstić information content (AvgIpc) is 3.09. The Morgan fingerprint density at radius 2 is 1.65 bits per heavy atom. The van der Waals surface area contributed by atoms with Gasteiger partial charge < -0.3 is 14.8 Å². The number of methoxy groups -OCH3 is 1. The highest BCUT2D eigenvalue weighted by molar-refractivity contribution is 6.46. The number of imide groups is 1. The van der Waals surface area contributed by atoms with Crippen molar-refractivity contribution in [3.05, 3.63) is 89.1 Å². The molecule has 2 amide bonds. The molecule has 0 spiro atoms. The van der Waals surface area contributed by atoms with Gasteiger partial charge in [0, 0.05) is 0 Å². The largest absolute Gasteiger partial charge is 0.495 e. The molecule has 3 aromatic rings. The van der Waals surface area contributed by atoms with Gasteiger partial charge in [-0.05, 0) is 67.3 Å². The number of benzene rings is 3. The van der Waals surface area contributed by atoms with E-state index in [1.165, 1.54) is 4.90 Å². The highest BCUT2D eigenvalue weighted by Gasteiger charge is 2.41. The maximum Gasteiger partial charge on any atom is 0.282 e. The topological polar surface area (TPSA) is 67.9 Å².